The molecule has 3 atom stereocenters. The summed E-state index contributed by atoms with van der Waals surface area (Å²) < 4.78 is 24.3. The minimum atomic E-state index is -3.10. The third kappa shape index (κ3) is 5.00. The zero-order valence-corrected chi connectivity index (χ0v) is 19.7. The first-order valence-corrected chi connectivity index (χ1v) is 12.6. The Labute approximate surface area is 184 Å². The summed E-state index contributed by atoms with van der Waals surface area (Å²) in [6.07, 6.45) is 2.22. The molecule has 0 bridgehead atoms. The number of sulfone groups is 1. The molecule has 160 valence electrons. The highest BCUT2D eigenvalue weighted by Gasteiger charge is 2.62. The Morgan fingerprint density at radius 2 is 1.86 bits per heavy atom. The Balaban J connectivity index is 1.86. The lowest BCUT2D eigenvalue weighted by Gasteiger charge is -2.29. The number of allylic oxidation sites excluding steroid dienone is 1. The lowest BCUT2D eigenvalue weighted by atomic mass is 10.0. The molecule has 1 aromatic carbocycles. The van der Waals surface area contributed by atoms with Gasteiger partial charge in [-0.2, -0.15) is 0 Å². The van der Waals surface area contributed by atoms with Crippen LogP contribution in [0.2, 0.25) is 0 Å². The molecule has 0 unspecified atom stereocenters. The first kappa shape index (κ1) is 22.6. The molecule has 1 heterocycles. The summed E-state index contributed by atoms with van der Waals surface area (Å²) in [5, 5.41) is 0. The van der Waals surface area contributed by atoms with Crippen molar-refractivity contribution in [2.45, 2.75) is 52.6 Å². The van der Waals surface area contributed by atoms with Gasteiger partial charge in [-0.05, 0) is 40.9 Å². The van der Waals surface area contributed by atoms with Crippen molar-refractivity contribution in [1.29, 1.82) is 0 Å². The molecule has 2 aliphatic rings. The van der Waals surface area contributed by atoms with Crippen molar-refractivity contribution in [2.75, 3.05) is 11.5 Å². The smallest absolute Gasteiger partial charge is 0.227 e. The van der Waals surface area contributed by atoms with E-state index in [1.165, 1.54) is 5.56 Å². The fourth-order valence-electron chi connectivity index (χ4n) is 4.39. The van der Waals surface area contributed by atoms with E-state index < -0.39 is 9.84 Å². The van der Waals surface area contributed by atoms with Gasteiger partial charge in [0, 0.05) is 12.6 Å². The molecule has 1 aromatic rings. The average Bonchev–Trinajstić information content (AvgIpc) is 2.94. The van der Waals surface area contributed by atoms with E-state index in [1.807, 2.05) is 26.0 Å². The van der Waals surface area contributed by atoms with Crippen LogP contribution < -0.4 is 0 Å². The molecule has 0 spiro atoms. The van der Waals surface area contributed by atoms with Crippen molar-refractivity contribution in [2.24, 2.45) is 17.3 Å². The second-order valence-corrected chi connectivity index (χ2v) is 12.4. The molecule has 1 saturated heterocycles. The summed E-state index contributed by atoms with van der Waals surface area (Å²) >= 11 is 11.7. The molecule has 29 heavy (non-hydrogen) atoms. The van der Waals surface area contributed by atoms with Crippen LogP contribution in [0.15, 0.2) is 34.8 Å². The standard InChI is InChI=1S/C22H29Cl2NO3S/c1-14(2)16-7-5-15(6-8-16)12-25(17-9-10-29(27,28)13-17)21(26)20-18(11-19(23)24)22(20,3)4/h5-8,11,14,17-18,20H,9-10,12-13H2,1-4H3/t17-,18-,20-/m0/s1. The third-order valence-corrected chi connectivity index (χ3v) is 8.42. The monoisotopic (exact) mass is 457 g/mol. The van der Waals surface area contributed by atoms with Crippen molar-refractivity contribution in [3.05, 3.63) is 46.0 Å². The van der Waals surface area contributed by atoms with E-state index in [0.717, 1.165) is 5.56 Å². The molecule has 3 rings (SSSR count). The quantitative estimate of drug-likeness (QED) is 0.608. The molecule has 7 heteroatoms. The predicted molar refractivity (Wildman–Crippen MR) is 119 cm³/mol. The van der Waals surface area contributed by atoms with Gasteiger partial charge in [0.2, 0.25) is 5.91 Å². The zero-order valence-electron chi connectivity index (χ0n) is 17.4. The van der Waals surface area contributed by atoms with Crippen LogP contribution in [-0.2, 0) is 21.2 Å². The third-order valence-electron chi connectivity index (χ3n) is 6.41. The maximum absolute atomic E-state index is 13.5. The van der Waals surface area contributed by atoms with Crippen molar-refractivity contribution in [1.82, 2.24) is 4.90 Å². The van der Waals surface area contributed by atoms with E-state index in [2.05, 4.69) is 26.0 Å². The van der Waals surface area contributed by atoms with Crippen molar-refractivity contribution < 1.29 is 13.2 Å². The van der Waals surface area contributed by atoms with Gasteiger partial charge in [-0.15, -0.1) is 0 Å². The number of amides is 1. The second-order valence-electron chi connectivity index (χ2n) is 9.20. The number of carbonyl (C=O) groups is 1. The number of hydrogen-bond donors (Lipinski definition) is 0. The highest BCUT2D eigenvalue weighted by atomic mass is 35.5. The van der Waals surface area contributed by atoms with E-state index in [-0.39, 0.29) is 45.2 Å². The Bertz CT molecular complexity index is 902. The van der Waals surface area contributed by atoms with Crippen LogP contribution >= 0.6 is 23.2 Å². The van der Waals surface area contributed by atoms with Crippen molar-refractivity contribution in [3.8, 4) is 0 Å². The fourth-order valence-corrected chi connectivity index (χ4v) is 6.39. The maximum atomic E-state index is 13.5. The van der Waals surface area contributed by atoms with Crippen LogP contribution in [0.5, 0.6) is 0 Å². The average molecular weight is 458 g/mol. The molecule has 1 aliphatic carbocycles. The number of halogens is 2. The SMILES string of the molecule is CC(C)c1ccc(CN(C(=O)[C@@H]2[C@H](C=C(Cl)Cl)C2(C)C)[C@H]2CCS(=O)(=O)C2)cc1. The maximum Gasteiger partial charge on any atom is 0.227 e. The lowest BCUT2D eigenvalue weighted by molar-refractivity contribution is -0.136. The van der Waals surface area contributed by atoms with Gasteiger partial charge in [-0.25, -0.2) is 8.42 Å². The van der Waals surface area contributed by atoms with Gasteiger partial charge in [0.25, 0.3) is 0 Å². The van der Waals surface area contributed by atoms with Gasteiger partial charge in [0.15, 0.2) is 9.84 Å². The fraction of sp³-hybridized carbons (Fsp3) is 0.591. The Morgan fingerprint density at radius 1 is 1.24 bits per heavy atom. The molecular formula is C22H29Cl2NO3S. The summed E-state index contributed by atoms with van der Waals surface area (Å²) in [7, 11) is -3.10. The topological polar surface area (TPSA) is 54.5 Å². The Kier molecular flexibility index (Phi) is 6.43. The lowest BCUT2D eigenvalue weighted by Crippen LogP contribution is -2.42. The minimum absolute atomic E-state index is 0.0131. The molecule has 4 nitrogen and oxygen atoms in total. The summed E-state index contributed by atoms with van der Waals surface area (Å²) in [6, 6.07) is 7.93. The van der Waals surface area contributed by atoms with Crippen LogP contribution in [0.4, 0.5) is 0 Å². The Hall–Kier alpha value is -1.04. The molecule has 1 amide bonds. The van der Waals surface area contributed by atoms with Crippen LogP contribution in [0, 0.1) is 17.3 Å². The summed E-state index contributed by atoms with van der Waals surface area (Å²) in [5.74, 6) is 0.311. The summed E-state index contributed by atoms with van der Waals surface area (Å²) in [6.45, 7) is 8.73. The van der Waals surface area contributed by atoms with Crippen molar-refractivity contribution in [3.63, 3.8) is 0 Å². The molecule has 2 fully saturated rings. The summed E-state index contributed by atoms with van der Waals surface area (Å²) in [5.41, 5.74) is 2.00. The van der Waals surface area contributed by atoms with Gasteiger partial charge in [-0.3, -0.25) is 4.79 Å². The number of benzene rings is 1. The van der Waals surface area contributed by atoms with Gasteiger partial charge >= 0.3 is 0 Å². The normalized spacial score (nSPS) is 26.9. The molecular weight excluding hydrogens is 429 g/mol. The number of carbonyl (C=O) groups excluding carboxylic acids is 1. The Morgan fingerprint density at radius 3 is 2.34 bits per heavy atom. The van der Waals surface area contributed by atoms with Crippen LogP contribution in [0.3, 0.4) is 0 Å². The number of nitrogens with zero attached hydrogens (tertiary/aromatic N) is 1. The first-order chi connectivity index (χ1) is 13.4. The minimum Gasteiger partial charge on any atom is -0.334 e. The molecule has 0 N–H and O–H groups in total. The van der Waals surface area contributed by atoms with E-state index in [0.29, 0.717) is 18.9 Å². The molecule has 1 aliphatic heterocycles. The van der Waals surface area contributed by atoms with Gasteiger partial charge < -0.3 is 4.90 Å². The van der Waals surface area contributed by atoms with Crippen LogP contribution in [0.1, 0.15) is 51.2 Å². The predicted octanol–water partition coefficient (Wildman–Crippen LogP) is 4.92. The van der Waals surface area contributed by atoms with Gasteiger partial charge in [0.1, 0.15) is 4.49 Å². The molecule has 1 saturated carbocycles. The van der Waals surface area contributed by atoms with Gasteiger partial charge in [0.05, 0.1) is 17.4 Å². The van der Waals surface area contributed by atoms with Gasteiger partial charge in [-0.1, -0.05) is 75.2 Å². The highest BCUT2D eigenvalue weighted by molar-refractivity contribution is 7.91. The zero-order chi connectivity index (χ0) is 21.6. The van der Waals surface area contributed by atoms with E-state index in [1.54, 1.807) is 11.0 Å². The second kappa shape index (κ2) is 8.24. The van der Waals surface area contributed by atoms with Crippen molar-refractivity contribution >= 4 is 38.9 Å². The van der Waals surface area contributed by atoms with E-state index in [4.69, 9.17) is 23.2 Å². The molecule has 0 aromatic heterocycles. The highest BCUT2D eigenvalue weighted by Crippen LogP contribution is 2.60. The largest absolute Gasteiger partial charge is 0.334 e. The first-order valence-electron chi connectivity index (χ1n) is 10.0. The van der Waals surface area contributed by atoms with Crippen LogP contribution in [0.25, 0.3) is 0 Å². The van der Waals surface area contributed by atoms with Crippen LogP contribution in [-0.4, -0.2) is 36.8 Å². The van der Waals surface area contributed by atoms with E-state index >= 15 is 0 Å². The number of rotatable bonds is 6. The summed E-state index contributed by atoms with van der Waals surface area (Å²) in [4.78, 5) is 15.3. The van der Waals surface area contributed by atoms with E-state index in [9.17, 15) is 13.2 Å². The number of hydrogen-bond acceptors (Lipinski definition) is 3. The molecule has 0 radical (unpaired) electrons.